The lowest BCUT2D eigenvalue weighted by molar-refractivity contribution is -0.0238. The number of rotatable bonds is 7. The van der Waals surface area contributed by atoms with Crippen molar-refractivity contribution < 1.29 is 19.7 Å². The molecular formula is C18H24N6O6S2. The van der Waals surface area contributed by atoms with Gasteiger partial charge in [0, 0.05) is 35.7 Å². The van der Waals surface area contributed by atoms with Gasteiger partial charge in [0.25, 0.3) is 0 Å². The van der Waals surface area contributed by atoms with Gasteiger partial charge in [-0.25, -0.2) is 9.59 Å². The molecule has 0 bridgehead atoms. The van der Waals surface area contributed by atoms with E-state index in [0.717, 1.165) is 0 Å². The van der Waals surface area contributed by atoms with E-state index in [9.17, 15) is 19.8 Å². The zero-order chi connectivity index (χ0) is 22.8. The second-order valence-corrected chi connectivity index (χ2v) is 10.2. The zero-order valence-electron chi connectivity index (χ0n) is 16.9. The number of aliphatic hydroxyl groups is 2. The van der Waals surface area contributed by atoms with E-state index in [0.29, 0.717) is 12.8 Å². The van der Waals surface area contributed by atoms with Crippen LogP contribution in [0.25, 0.3) is 0 Å². The molecule has 2 aliphatic heterocycles. The number of nitrogen functional groups attached to an aromatic ring is 2. The number of ether oxygens (including phenoxy) is 2. The number of anilines is 2. The van der Waals surface area contributed by atoms with Crippen LogP contribution in [0.2, 0.25) is 0 Å². The molecule has 14 heteroatoms. The minimum atomic E-state index is -0.563. The van der Waals surface area contributed by atoms with E-state index < -0.39 is 36.0 Å². The molecule has 0 aliphatic carbocycles. The SMILES string of the molecule is Nc1ccn([C@H]2C[C@H](SS[C@H]3C[C@H](n4ccc(N)nc4=O)O[C@@H]3CO)[C@@H](CO)O2)c(=O)n1. The Bertz CT molecular complexity index is 983. The second-order valence-electron chi connectivity index (χ2n) is 7.45. The molecule has 174 valence electrons. The van der Waals surface area contributed by atoms with Crippen molar-refractivity contribution in [2.24, 2.45) is 0 Å². The number of nitrogens with two attached hydrogens (primary N) is 2. The highest BCUT2D eigenvalue weighted by atomic mass is 33.1. The molecule has 4 heterocycles. The van der Waals surface area contributed by atoms with Crippen LogP contribution in [-0.2, 0) is 9.47 Å². The Kier molecular flexibility index (Phi) is 7.07. The summed E-state index contributed by atoms with van der Waals surface area (Å²) in [5, 5.41) is 19.3. The van der Waals surface area contributed by atoms with Crippen LogP contribution in [0.5, 0.6) is 0 Å². The van der Waals surface area contributed by atoms with Gasteiger partial charge in [-0.15, -0.1) is 0 Å². The summed E-state index contributed by atoms with van der Waals surface area (Å²) < 4.78 is 14.4. The molecule has 12 nitrogen and oxygen atoms in total. The van der Waals surface area contributed by atoms with Crippen LogP contribution >= 0.6 is 21.6 Å². The molecule has 2 fully saturated rings. The highest BCUT2D eigenvalue weighted by Crippen LogP contribution is 2.47. The maximum absolute atomic E-state index is 12.1. The maximum atomic E-state index is 12.1. The van der Waals surface area contributed by atoms with Gasteiger partial charge >= 0.3 is 11.4 Å². The average Bonchev–Trinajstić information content (AvgIpc) is 3.35. The Labute approximate surface area is 190 Å². The van der Waals surface area contributed by atoms with Gasteiger partial charge in [-0.3, -0.25) is 9.13 Å². The minimum absolute atomic E-state index is 0.112. The fourth-order valence-corrected chi connectivity index (χ4v) is 7.10. The quantitative estimate of drug-likeness (QED) is 0.365. The first-order chi connectivity index (χ1) is 15.4. The van der Waals surface area contributed by atoms with Crippen LogP contribution in [0, 0.1) is 0 Å². The van der Waals surface area contributed by atoms with Gasteiger partial charge in [-0.2, -0.15) is 9.97 Å². The zero-order valence-corrected chi connectivity index (χ0v) is 18.5. The Morgan fingerprint density at radius 1 is 0.875 bits per heavy atom. The Morgan fingerprint density at radius 2 is 1.28 bits per heavy atom. The van der Waals surface area contributed by atoms with E-state index >= 15 is 0 Å². The third-order valence-corrected chi connectivity index (χ3v) is 8.76. The third kappa shape index (κ3) is 4.79. The molecule has 2 aromatic rings. The molecule has 0 aromatic carbocycles. The van der Waals surface area contributed by atoms with Crippen molar-refractivity contribution in [2.45, 2.75) is 48.0 Å². The molecule has 32 heavy (non-hydrogen) atoms. The second kappa shape index (κ2) is 9.80. The molecule has 0 spiro atoms. The highest BCUT2D eigenvalue weighted by Gasteiger charge is 2.41. The van der Waals surface area contributed by atoms with E-state index in [1.165, 1.54) is 55.2 Å². The van der Waals surface area contributed by atoms with Crippen LogP contribution in [0.15, 0.2) is 34.1 Å². The predicted octanol–water partition coefficient (Wildman–Crippen LogP) is -0.657. The summed E-state index contributed by atoms with van der Waals surface area (Å²) in [7, 11) is 3.00. The van der Waals surface area contributed by atoms with E-state index in [1.54, 1.807) is 0 Å². The van der Waals surface area contributed by atoms with Gasteiger partial charge in [0.15, 0.2) is 0 Å². The standard InChI is InChI=1S/C18H24N6O6S2/c19-13-1-3-23(17(27)21-13)15-5-11(9(7-25)29-15)31-32-12-6-16(30-10(12)8-26)24-4-2-14(20)22-18(24)28/h1-4,9-12,15-16,25-26H,5-8H2,(H2,19,21,27)(H2,20,22,28)/t9-,10-,11+,12+,15-,16-/m1/s1. The summed E-state index contributed by atoms with van der Waals surface area (Å²) in [5.74, 6) is 0.261. The summed E-state index contributed by atoms with van der Waals surface area (Å²) >= 11 is 0. The number of nitrogens with zero attached hydrogens (tertiary/aromatic N) is 4. The summed E-state index contributed by atoms with van der Waals surface area (Å²) in [4.78, 5) is 31.7. The molecule has 2 aliphatic rings. The first-order valence-electron chi connectivity index (χ1n) is 9.93. The summed E-state index contributed by atoms with van der Waals surface area (Å²) in [6.07, 6.45) is 1.94. The van der Waals surface area contributed by atoms with Crippen molar-refractivity contribution >= 4 is 33.2 Å². The van der Waals surface area contributed by atoms with E-state index in [2.05, 4.69) is 9.97 Å². The normalized spacial score (nSPS) is 30.1. The predicted molar refractivity (Wildman–Crippen MR) is 120 cm³/mol. The van der Waals surface area contributed by atoms with Gasteiger partial charge in [0.05, 0.1) is 25.4 Å². The highest BCUT2D eigenvalue weighted by molar-refractivity contribution is 8.77. The lowest BCUT2D eigenvalue weighted by Crippen LogP contribution is -2.28. The summed E-state index contributed by atoms with van der Waals surface area (Å²) in [6.45, 7) is -0.406. The number of aromatic nitrogens is 4. The third-order valence-electron chi connectivity index (χ3n) is 5.35. The number of aliphatic hydroxyl groups excluding tert-OH is 2. The first-order valence-corrected chi connectivity index (χ1v) is 12.2. The molecule has 0 unspecified atom stereocenters. The van der Waals surface area contributed by atoms with Gasteiger partial charge in [-0.05, 0) is 12.1 Å². The average molecular weight is 485 g/mol. The smallest absolute Gasteiger partial charge is 0.351 e. The molecular weight excluding hydrogens is 460 g/mol. The number of hydrogen-bond donors (Lipinski definition) is 4. The van der Waals surface area contributed by atoms with Crippen molar-refractivity contribution in [3.05, 3.63) is 45.5 Å². The Balaban J connectivity index is 1.41. The van der Waals surface area contributed by atoms with Crippen LogP contribution in [0.4, 0.5) is 11.6 Å². The fraction of sp³-hybridized carbons (Fsp3) is 0.556. The van der Waals surface area contributed by atoms with Gasteiger partial charge < -0.3 is 31.2 Å². The van der Waals surface area contributed by atoms with Crippen molar-refractivity contribution in [3.63, 3.8) is 0 Å². The lowest BCUT2D eigenvalue weighted by Gasteiger charge is -2.19. The molecule has 6 atom stereocenters. The molecule has 0 amide bonds. The van der Waals surface area contributed by atoms with Gasteiger partial charge in [-0.1, -0.05) is 21.6 Å². The van der Waals surface area contributed by atoms with E-state index in [-0.39, 0.29) is 35.3 Å². The fourth-order valence-electron chi connectivity index (χ4n) is 3.71. The maximum Gasteiger partial charge on any atom is 0.351 e. The Hall–Kier alpha value is -2.10. The van der Waals surface area contributed by atoms with Crippen molar-refractivity contribution in [1.82, 2.24) is 19.1 Å². The van der Waals surface area contributed by atoms with Crippen LogP contribution in [-0.4, -0.2) is 65.2 Å². The summed E-state index contributed by atoms with van der Waals surface area (Å²) in [5.41, 5.74) is 10.1. The molecule has 6 N–H and O–H groups in total. The van der Waals surface area contributed by atoms with Crippen LogP contribution < -0.4 is 22.8 Å². The topological polar surface area (TPSA) is 181 Å². The minimum Gasteiger partial charge on any atom is -0.394 e. The number of hydrogen-bond acceptors (Lipinski definition) is 12. The first kappa shape index (κ1) is 23.1. The summed E-state index contributed by atoms with van der Waals surface area (Å²) in [6, 6.07) is 3.04. The van der Waals surface area contributed by atoms with Crippen LogP contribution in [0.3, 0.4) is 0 Å². The van der Waals surface area contributed by atoms with E-state index in [1.807, 2.05) is 0 Å². The molecule has 2 aromatic heterocycles. The van der Waals surface area contributed by atoms with Gasteiger partial charge in [0.1, 0.15) is 24.1 Å². The largest absolute Gasteiger partial charge is 0.394 e. The van der Waals surface area contributed by atoms with Crippen LogP contribution in [0.1, 0.15) is 25.3 Å². The van der Waals surface area contributed by atoms with E-state index in [4.69, 9.17) is 20.9 Å². The molecule has 2 saturated heterocycles. The van der Waals surface area contributed by atoms with Crippen molar-refractivity contribution in [1.29, 1.82) is 0 Å². The lowest BCUT2D eigenvalue weighted by atomic mass is 10.2. The Morgan fingerprint density at radius 3 is 1.62 bits per heavy atom. The van der Waals surface area contributed by atoms with Crippen molar-refractivity contribution in [3.8, 4) is 0 Å². The van der Waals surface area contributed by atoms with Crippen molar-refractivity contribution in [2.75, 3.05) is 24.7 Å². The molecule has 0 radical (unpaired) electrons. The monoisotopic (exact) mass is 484 g/mol. The molecule has 0 saturated carbocycles. The van der Waals surface area contributed by atoms with Gasteiger partial charge in [0.2, 0.25) is 0 Å². The molecule has 4 rings (SSSR count).